The summed E-state index contributed by atoms with van der Waals surface area (Å²) in [6.45, 7) is 1.89. The van der Waals surface area contributed by atoms with Crippen molar-refractivity contribution in [3.8, 4) is 5.69 Å². The Labute approximate surface area is 133 Å². The first-order valence-electron chi connectivity index (χ1n) is 7.69. The van der Waals surface area contributed by atoms with Gasteiger partial charge in [0.15, 0.2) is 4.77 Å². The number of nitrogens with zero attached hydrogens (tertiary/aromatic N) is 2. The van der Waals surface area contributed by atoms with Gasteiger partial charge in [-0.2, -0.15) is 5.10 Å². The maximum atomic E-state index is 12.3. The summed E-state index contributed by atoms with van der Waals surface area (Å²) in [7, 11) is 0. The Morgan fingerprint density at radius 3 is 2.95 bits per heavy atom. The number of rotatable bonds is 4. The summed E-state index contributed by atoms with van der Waals surface area (Å²) in [5.74, 6) is 2.61. The van der Waals surface area contributed by atoms with Crippen molar-refractivity contribution in [1.29, 1.82) is 0 Å². The van der Waals surface area contributed by atoms with Gasteiger partial charge in [0.05, 0.1) is 5.69 Å². The number of amides is 1. The van der Waals surface area contributed by atoms with Gasteiger partial charge in [0.2, 0.25) is 5.91 Å². The molecule has 2 fully saturated rings. The average molecular weight is 314 g/mol. The number of nitrogens with one attached hydrogen (secondary N) is 2. The highest BCUT2D eigenvalue weighted by Gasteiger charge is 2.51. The van der Waals surface area contributed by atoms with Crippen LogP contribution < -0.4 is 5.32 Å². The summed E-state index contributed by atoms with van der Waals surface area (Å²) in [6.07, 6.45) is 3.67. The van der Waals surface area contributed by atoms with Crippen molar-refractivity contribution in [3.05, 3.63) is 34.9 Å². The van der Waals surface area contributed by atoms with Gasteiger partial charge >= 0.3 is 0 Å². The van der Waals surface area contributed by atoms with Crippen molar-refractivity contribution in [3.63, 3.8) is 0 Å². The molecular formula is C16H18N4OS. The monoisotopic (exact) mass is 314 g/mol. The van der Waals surface area contributed by atoms with Gasteiger partial charge in [0, 0.05) is 11.6 Å². The van der Waals surface area contributed by atoms with Crippen LogP contribution in [0.1, 0.15) is 25.1 Å². The molecule has 1 heterocycles. The number of aryl methyl sites for hydroxylation is 1. The fourth-order valence-electron chi connectivity index (χ4n) is 3.20. The molecule has 2 aromatic rings. The van der Waals surface area contributed by atoms with E-state index in [-0.39, 0.29) is 11.8 Å². The van der Waals surface area contributed by atoms with Crippen LogP contribution in [0.3, 0.4) is 0 Å². The molecular weight excluding hydrogens is 296 g/mol. The maximum Gasteiger partial charge on any atom is 0.227 e. The minimum absolute atomic E-state index is 0.154. The number of hydrogen-bond acceptors (Lipinski definition) is 3. The van der Waals surface area contributed by atoms with E-state index in [1.54, 1.807) is 0 Å². The number of aromatic nitrogens is 3. The zero-order valence-electron chi connectivity index (χ0n) is 12.4. The lowest BCUT2D eigenvalue weighted by molar-refractivity contribution is -0.117. The van der Waals surface area contributed by atoms with E-state index in [0.29, 0.717) is 10.7 Å². The molecule has 2 atom stereocenters. The molecule has 4 rings (SSSR count). The molecule has 114 valence electrons. The highest BCUT2D eigenvalue weighted by Crippen LogP contribution is 2.54. The number of anilines is 1. The second-order valence-electron chi connectivity index (χ2n) is 6.29. The van der Waals surface area contributed by atoms with Crippen LogP contribution in [-0.2, 0) is 4.79 Å². The summed E-state index contributed by atoms with van der Waals surface area (Å²) in [6, 6.07) is 7.72. The van der Waals surface area contributed by atoms with Crippen molar-refractivity contribution in [2.45, 2.75) is 26.2 Å². The molecule has 5 nitrogen and oxygen atoms in total. The van der Waals surface area contributed by atoms with Crippen LogP contribution in [0.5, 0.6) is 0 Å². The normalized spacial score (nSPS) is 23.3. The number of hydrogen-bond donors (Lipinski definition) is 2. The Kier molecular flexibility index (Phi) is 3.14. The fraction of sp³-hybridized carbons (Fsp3) is 0.438. The molecule has 0 aliphatic heterocycles. The van der Waals surface area contributed by atoms with Crippen LogP contribution in [0.15, 0.2) is 24.3 Å². The molecule has 0 saturated heterocycles. The van der Waals surface area contributed by atoms with Gasteiger partial charge in [-0.1, -0.05) is 6.07 Å². The first-order valence-corrected chi connectivity index (χ1v) is 8.09. The van der Waals surface area contributed by atoms with Gasteiger partial charge in [0.25, 0.3) is 0 Å². The predicted octanol–water partition coefficient (Wildman–Crippen LogP) is 3.22. The molecule has 2 aliphatic carbocycles. The third-order valence-corrected chi connectivity index (χ3v) is 4.89. The van der Waals surface area contributed by atoms with Crippen LogP contribution in [-0.4, -0.2) is 20.7 Å². The minimum atomic E-state index is 0.154. The van der Waals surface area contributed by atoms with E-state index in [2.05, 4.69) is 15.5 Å². The first-order chi connectivity index (χ1) is 10.6. The topological polar surface area (TPSA) is 62.7 Å². The largest absolute Gasteiger partial charge is 0.326 e. The van der Waals surface area contributed by atoms with Gasteiger partial charge in [-0.3, -0.25) is 14.5 Å². The Balaban J connectivity index is 1.52. The molecule has 0 radical (unpaired) electrons. The lowest BCUT2D eigenvalue weighted by atomic mass is 10.2. The molecule has 0 bridgehead atoms. The Bertz CT molecular complexity index is 789. The van der Waals surface area contributed by atoms with Gasteiger partial charge in [-0.25, -0.2) is 0 Å². The SMILES string of the molecule is Cc1n[nH]c(=S)n1-c1cccc(NC(=O)[C@@H]2C[C@H]2C2CC2)c1. The van der Waals surface area contributed by atoms with Crippen LogP contribution in [0, 0.1) is 29.4 Å². The molecule has 1 aromatic carbocycles. The Morgan fingerprint density at radius 1 is 1.45 bits per heavy atom. The lowest BCUT2D eigenvalue weighted by Crippen LogP contribution is -2.15. The number of carbonyl (C=O) groups is 1. The highest BCUT2D eigenvalue weighted by atomic mass is 32.1. The molecule has 2 saturated carbocycles. The van der Waals surface area contributed by atoms with Gasteiger partial charge in [-0.15, -0.1) is 0 Å². The number of H-pyrrole nitrogens is 1. The third-order valence-electron chi connectivity index (χ3n) is 4.62. The maximum absolute atomic E-state index is 12.3. The summed E-state index contributed by atoms with van der Waals surface area (Å²) in [5, 5.41) is 9.93. The lowest BCUT2D eigenvalue weighted by Gasteiger charge is -2.09. The molecule has 2 N–H and O–H groups in total. The van der Waals surface area contributed by atoms with Crippen LogP contribution in [0.2, 0.25) is 0 Å². The van der Waals surface area contributed by atoms with Crippen molar-refractivity contribution >= 4 is 23.8 Å². The summed E-state index contributed by atoms with van der Waals surface area (Å²) < 4.78 is 2.41. The van der Waals surface area contributed by atoms with Crippen LogP contribution >= 0.6 is 12.2 Å². The number of benzene rings is 1. The van der Waals surface area contributed by atoms with Gasteiger partial charge < -0.3 is 5.32 Å². The third kappa shape index (κ3) is 2.47. The molecule has 1 aromatic heterocycles. The standard InChI is InChI=1S/C16H18N4OS/c1-9-18-19-16(22)20(9)12-4-2-3-11(7-12)17-15(21)14-8-13(14)10-5-6-10/h2-4,7,10,13-14H,5-6,8H2,1H3,(H,17,21)(H,19,22)/t13-,14+/m0/s1. The number of aromatic amines is 1. The van der Waals surface area contributed by atoms with E-state index in [4.69, 9.17) is 12.2 Å². The average Bonchev–Trinajstić information content (AvgIpc) is 3.36. The molecule has 1 amide bonds. The highest BCUT2D eigenvalue weighted by molar-refractivity contribution is 7.71. The Morgan fingerprint density at radius 2 is 2.27 bits per heavy atom. The van der Waals surface area contributed by atoms with E-state index in [1.165, 1.54) is 12.8 Å². The van der Waals surface area contributed by atoms with Crippen molar-refractivity contribution in [2.24, 2.45) is 17.8 Å². The minimum Gasteiger partial charge on any atom is -0.326 e. The van der Waals surface area contributed by atoms with E-state index in [1.807, 2.05) is 35.8 Å². The molecule has 2 aliphatic rings. The molecule has 6 heteroatoms. The second kappa shape index (κ2) is 5.05. The fourth-order valence-corrected chi connectivity index (χ4v) is 3.48. The Hall–Kier alpha value is -1.95. The molecule has 22 heavy (non-hydrogen) atoms. The van der Waals surface area contributed by atoms with E-state index >= 15 is 0 Å². The molecule has 0 unspecified atom stereocenters. The van der Waals surface area contributed by atoms with E-state index < -0.39 is 0 Å². The first kappa shape index (κ1) is 13.7. The van der Waals surface area contributed by atoms with Crippen LogP contribution in [0.25, 0.3) is 5.69 Å². The van der Waals surface area contributed by atoms with Crippen molar-refractivity contribution < 1.29 is 4.79 Å². The smallest absolute Gasteiger partial charge is 0.227 e. The second-order valence-corrected chi connectivity index (χ2v) is 6.68. The van der Waals surface area contributed by atoms with E-state index in [0.717, 1.165) is 29.5 Å². The van der Waals surface area contributed by atoms with Gasteiger partial charge in [0.1, 0.15) is 5.82 Å². The summed E-state index contributed by atoms with van der Waals surface area (Å²) in [5.41, 5.74) is 1.72. The van der Waals surface area contributed by atoms with E-state index in [9.17, 15) is 4.79 Å². The predicted molar refractivity (Wildman–Crippen MR) is 86.4 cm³/mol. The number of carbonyl (C=O) groups excluding carboxylic acids is 1. The molecule has 0 spiro atoms. The quantitative estimate of drug-likeness (QED) is 0.852. The summed E-state index contributed by atoms with van der Waals surface area (Å²) >= 11 is 5.25. The van der Waals surface area contributed by atoms with Crippen LogP contribution in [0.4, 0.5) is 5.69 Å². The zero-order valence-corrected chi connectivity index (χ0v) is 13.2. The summed E-state index contributed by atoms with van der Waals surface area (Å²) in [4.78, 5) is 12.3. The van der Waals surface area contributed by atoms with Gasteiger partial charge in [-0.05, 0) is 68.4 Å². The van der Waals surface area contributed by atoms with Crippen molar-refractivity contribution in [1.82, 2.24) is 14.8 Å². The zero-order chi connectivity index (χ0) is 15.3. The van der Waals surface area contributed by atoms with Crippen molar-refractivity contribution in [2.75, 3.05) is 5.32 Å².